The zero-order valence-electron chi connectivity index (χ0n) is 17.1. The summed E-state index contributed by atoms with van der Waals surface area (Å²) < 4.78 is 11.3. The van der Waals surface area contributed by atoms with Crippen molar-refractivity contribution in [2.75, 3.05) is 26.7 Å². The molecule has 2 atom stereocenters. The van der Waals surface area contributed by atoms with Gasteiger partial charge < -0.3 is 20.1 Å². The van der Waals surface area contributed by atoms with E-state index in [0.29, 0.717) is 43.7 Å². The van der Waals surface area contributed by atoms with E-state index in [9.17, 15) is 9.59 Å². The third-order valence-corrected chi connectivity index (χ3v) is 5.65. The maximum Gasteiger partial charge on any atom is 0.324 e. The summed E-state index contributed by atoms with van der Waals surface area (Å²) in [6.45, 7) is 2.74. The van der Waals surface area contributed by atoms with Crippen molar-refractivity contribution in [2.45, 2.75) is 19.6 Å². The van der Waals surface area contributed by atoms with Gasteiger partial charge in [0.25, 0.3) is 0 Å². The predicted octanol–water partition coefficient (Wildman–Crippen LogP) is 2.55. The molecule has 2 N–H and O–H groups in total. The summed E-state index contributed by atoms with van der Waals surface area (Å²) in [7, 11) is 1.59. The molecule has 2 fully saturated rings. The number of amides is 3. The molecular weight excluding hydrogens is 382 g/mol. The second kappa shape index (κ2) is 9.17. The second-order valence-corrected chi connectivity index (χ2v) is 7.82. The van der Waals surface area contributed by atoms with Crippen LogP contribution in [-0.2, 0) is 17.9 Å². The third-order valence-electron chi connectivity index (χ3n) is 5.65. The van der Waals surface area contributed by atoms with Crippen LogP contribution >= 0.6 is 0 Å². The van der Waals surface area contributed by atoms with Gasteiger partial charge in [-0.25, -0.2) is 4.79 Å². The Morgan fingerprint density at radius 1 is 1.13 bits per heavy atom. The van der Waals surface area contributed by atoms with E-state index in [2.05, 4.69) is 10.6 Å². The second-order valence-electron chi connectivity index (χ2n) is 7.82. The monoisotopic (exact) mass is 409 g/mol. The number of likely N-dealkylation sites (tertiary alicyclic amines) is 1. The Bertz CT molecular complexity index is 903. The van der Waals surface area contributed by atoms with E-state index in [1.165, 1.54) is 4.90 Å². The molecule has 2 unspecified atom stereocenters. The predicted molar refractivity (Wildman–Crippen MR) is 112 cm³/mol. The highest BCUT2D eigenvalue weighted by molar-refractivity contribution is 5.96. The van der Waals surface area contributed by atoms with Gasteiger partial charge in [-0.15, -0.1) is 0 Å². The maximum absolute atomic E-state index is 12.6. The first kappa shape index (κ1) is 20.2. The lowest BCUT2D eigenvalue weighted by molar-refractivity contribution is -0.137. The Labute approximate surface area is 176 Å². The summed E-state index contributed by atoms with van der Waals surface area (Å²) >= 11 is 0. The van der Waals surface area contributed by atoms with E-state index in [1.54, 1.807) is 7.11 Å². The SMILES string of the molecule is COc1cc(CNC(=O)N2CC3CNCC(C3)C2=O)ccc1OCc1ccccc1. The molecule has 0 aromatic heterocycles. The smallest absolute Gasteiger partial charge is 0.324 e. The van der Waals surface area contributed by atoms with E-state index in [-0.39, 0.29) is 17.9 Å². The lowest BCUT2D eigenvalue weighted by Crippen LogP contribution is -2.58. The van der Waals surface area contributed by atoms with E-state index in [4.69, 9.17) is 9.47 Å². The minimum atomic E-state index is -0.333. The number of nitrogens with zero attached hydrogens (tertiary/aromatic N) is 1. The molecule has 7 heteroatoms. The molecule has 2 aliphatic rings. The van der Waals surface area contributed by atoms with Crippen molar-refractivity contribution in [3.63, 3.8) is 0 Å². The van der Waals surface area contributed by atoms with E-state index in [0.717, 1.165) is 24.1 Å². The van der Waals surface area contributed by atoms with E-state index < -0.39 is 0 Å². The highest BCUT2D eigenvalue weighted by Crippen LogP contribution is 2.29. The number of rotatable bonds is 6. The molecule has 3 amide bonds. The highest BCUT2D eigenvalue weighted by Gasteiger charge is 2.39. The molecule has 2 aliphatic heterocycles. The van der Waals surface area contributed by atoms with Crippen LogP contribution in [-0.4, -0.2) is 43.6 Å². The molecule has 0 saturated carbocycles. The molecular formula is C23H27N3O4. The summed E-state index contributed by atoms with van der Waals surface area (Å²) in [6.07, 6.45) is 0.872. The Hall–Kier alpha value is -3.06. The van der Waals surface area contributed by atoms with Crippen LogP contribution in [0.3, 0.4) is 0 Å². The number of carbonyl (C=O) groups is 2. The van der Waals surface area contributed by atoms with Gasteiger partial charge >= 0.3 is 6.03 Å². The Kier molecular flexibility index (Phi) is 6.18. The van der Waals surface area contributed by atoms with Crippen molar-refractivity contribution in [2.24, 2.45) is 11.8 Å². The van der Waals surface area contributed by atoms with Gasteiger partial charge in [-0.2, -0.15) is 0 Å². The van der Waals surface area contributed by atoms with Gasteiger partial charge in [0.1, 0.15) is 6.61 Å². The largest absolute Gasteiger partial charge is 0.493 e. The number of carbonyl (C=O) groups excluding carboxylic acids is 2. The number of fused-ring (bicyclic) bond motifs is 2. The first-order valence-electron chi connectivity index (χ1n) is 10.3. The van der Waals surface area contributed by atoms with Crippen molar-refractivity contribution in [1.29, 1.82) is 0 Å². The first-order valence-corrected chi connectivity index (χ1v) is 10.3. The molecule has 2 heterocycles. The number of hydrogen-bond acceptors (Lipinski definition) is 5. The summed E-state index contributed by atoms with van der Waals surface area (Å²) in [4.78, 5) is 26.5. The molecule has 0 radical (unpaired) electrons. The van der Waals surface area contributed by atoms with Gasteiger partial charge in [-0.05, 0) is 42.1 Å². The molecule has 0 spiro atoms. The molecule has 0 aliphatic carbocycles. The van der Waals surface area contributed by atoms with Crippen molar-refractivity contribution < 1.29 is 19.1 Å². The molecule has 158 valence electrons. The molecule has 2 aromatic carbocycles. The standard InChI is InChI=1S/C23H27N3O4/c1-29-21-10-17(7-8-20(21)30-15-16-5-3-2-4-6-16)12-25-23(28)26-14-18-9-19(22(26)27)13-24-11-18/h2-8,10,18-19,24H,9,11-15H2,1H3,(H,25,28). The normalized spacial score (nSPS) is 20.6. The molecule has 2 aromatic rings. The Morgan fingerprint density at radius 2 is 1.97 bits per heavy atom. The first-order chi connectivity index (χ1) is 14.6. The van der Waals surface area contributed by atoms with Crippen LogP contribution in [0.25, 0.3) is 0 Å². The lowest BCUT2D eigenvalue weighted by atomic mass is 9.85. The van der Waals surface area contributed by atoms with Gasteiger partial charge in [0, 0.05) is 19.6 Å². The average molecular weight is 409 g/mol. The van der Waals surface area contributed by atoms with Gasteiger partial charge in [0.05, 0.1) is 13.0 Å². The number of methoxy groups -OCH3 is 1. The van der Waals surface area contributed by atoms with Crippen molar-refractivity contribution in [3.8, 4) is 11.5 Å². The number of urea groups is 1. The van der Waals surface area contributed by atoms with E-state index in [1.807, 2.05) is 48.5 Å². The number of hydrogen-bond donors (Lipinski definition) is 2. The number of piperidine rings is 2. The van der Waals surface area contributed by atoms with Crippen molar-refractivity contribution in [3.05, 3.63) is 59.7 Å². The molecule has 30 heavy (non-hydrogen) atoms. The molecule has 2 bridgehead atoms. The number of ether oxygens (including phenoxy) is 2. The van der Waals surface area contributed by atoms with Gasteiger partial charge in [0.2, 0.25) is 5.91 Å². The topological polar surface area (TPSA) is 79.9 Å². The zero-order valence-corrected chi connectivity index (χ0v) is 17.1. The number of benzene rings is 2. The van der Waals surface area contributed by atoms with Gasteiger partial charge in [-0.3, -0.25) is 9.69 Å². The van der Waals surface area contributed by atoms with Crippen LogP contribution in [0.15, 0.2) is 48.5 Å². The van der Waals surface area contributed by atoms with Crippen molar-refractivity contribution in [1.82, 2.24) is 15.5 Å². The van der Waals surface area contributed by atoms with Crippen molar-refractivity contribution >= 4 is 11.9 Å². The van der Waals surface area contributed by atoms with Crippen LogP contribution in [0.2, 0.25) is 0 Å². The lowest BCUT2D eigenvalue weighted by Gasteiger charge is -2.39. The maximum atomic E-state index is 12.6. The number of nitrogens with one attached hydrogen (secondary N) is 2. The summed E-state index contributed by atoms with van der Waals surface area (Å²) in [5.41, 5.74) is 1.95. The quantitative estimate of drug-likeness (QED) is 0.767. The molecule has 7 nitrogen and oxygen atoms in total. The van der Waals surface area contributed by atoms with Crippen LogP contribution in [0.1, 0.15) is 17.5 Å². The van der Waals surface area contributed by atoms with Crippen LogP contribution in [0.5, 0.6) is 11.5 Å². The minimum absolute atomic E-state index is 0.0850. The fraction of sp³-hybridized carbons (Fsp3) is 0.391. The van der Waals surface area contributed by atoms with Gasteiger partial charge in [-0.1, -0.05) is 36.4 Å². The molecule has 2 saturated heterocycles. The summed E-state index contributed by atoms with van der Waals surface area (Å²) in [6, 6.07) is 15.2. The van der Waals surface area contributed by atoms with E-state index >= 15 is 0 Å². The van der Waals surface area contributed by atoms with Crippen LogP contribution in [0, 0.1) is 11.8 Å². The number of imide groups is 1. The zero-order chi connectivity index (χ0) is 20.9. The summed E-state index contributed by atoms with van der Waals surface area (Å²) in [5.74, 6) is 1.41. The Morgan fingerprint density at radius 3 is 2.77 bits per heavy atom. The fourth-order valence-corrected chi connectivity index (χ4v) is 4.06. The third kappa shape index (κ3) is 4.57. The van der Waals surface area contributed by atoms with Crippen LogP contribution in [0.4, 0.5) is 4.79 Å². The van der Waals surface area contributed by atoms with Gasteiger partial charge in [0.15, 0.2) is 11.5 Å². The van der Waals surface area contributed by atoms with Crippen LogP contribution < -0.4 is 20.1 Å². The minimum Gasteiger partial charge on any atom is -0.493 e. The fourth-order valence-electron chi connectivity index (χ4n) is 4.06. The Balaban J connectivity index is 1.35. The average Bonchev–Trinajstić information content (AvgIpc) is 2.79. The molecule has 4 rings (SSSR count). The highest BCUT2D eigenvalue weighted by atomic mass is 16.5. The summed E-state index contributed by atoms with van der Waals surface area (Å²) in [5, 5.41) is 6.13.